The van der Waals surface area contributed by atoms with Crippen molar-refractivity contribution in [1.29, 1.82) is 0 Å². The lowest BCUT2D eigenvalue weighted by Crippen LogP contribution is -2.48. The molecule has 2 rings (SSSR count). The lowest BCUT2D eigenvalue weighted by molar-refractivity contribution is 0.0184. The minimum Gasteiger partial charge on any atom is -0.379 e. The van der Waals surface area contributed by atoms with E-state index in [2.05, 4.69) is 30.6 Å². The van der Waals surface area contributed by atoms with Crippen molar-refractivity contribution < 1.29 is 4.74 Å². The molecule has 0 spiro atoms. The van der Waals surface area contributed by atoms with Gasteiger partial charge in [0.15, 0.2) is 0 Å². The van der Waals surface area contributed by atoms with Crippen LogP contribution in [0.2, 0.25) is 0 Å². The molecule has 0 aromatic rings. The number of hydrogen-bond donors (Lipinski definition) is 0. The molecule has 0 saturated carbocycles. The molecule has 0 aromatic carbocycles. The van der Waals surface area contributed by atoms with Gasteiger partial charge >= 0.3 is 0 Å². The van der Waals surface area contributed by atoms with Crippen LogP contribution in [0, 0.1) is 5.92 Å². The quantitative estimate of drug-likeness (QED) is 0.732. The largest absolute Gasteiger partial charge is 0.379 e. The zero-order valence-electron chi connectivity index (χ0n) is 11.7. The molecule has 2 saturated heterocycles. The van der Waals surface area contributed by atoms with Crippen molar-refractivity contribution in [2.45, 2.75) is 39.2 Å². The normalized spacial score (nSPS) is 26.3. The molecule has 3 nitrogen and oxygen atoms in total. The van der Waals surface area contributed by atoms with Crippen molar-refractivity contribution in [3.05, 3.63) is 0 Å². The molecule has 0 aromatic heterocycles. The van der Waals surface area contributed by atoms with Crippen molar-refractivity contribution in [1.82, 2.24) is 9.80 Å². The van der Waals surface area contributed by atoms with Crippen LogP contribution in [0.1, 0.15) is 33.6 Å². The van der Waals surface area contributed by atoms with Gasteiger partial charge in [-0.3, -0.25) is 9.80 Å². The Morgan fingerprint density at radius 3 is 2.12 bits per heavy atom. The summed E-state index contributed by atoms with van der Waals surface area (Å²) in [5.74, 6) is 0.909. The van der Waals surface area contributed by atoms with Gasteiger partial charge in [0, 0.05) is 25.2 Å². The van der Waals surface area contributed by atoms with Crippen LogP contribution < -0.4 is 0 Å². The van der Waals surface area contributed by atoms with Gasteiger partial charge < -0.3 is 4.74 Å². The molecule has 3 heteroatoms. The average molecular weight is 240 g/mol. The highest BCUT2D eigenvalue weighted by Gasteiger charge is 2.27. The lowest BCUT2D eigenvalue weighted by atomic mass is 9.92. The predicted molar refractivity (Wildman–Crippen MR) is 71.3 cm³/mol. The minimum absolute atomic E-state index is 0.351. The van der Waals surface area contributed by atoms with Gasteiger partial charge in [-0.2, -0.15) is 0 Å². The van der Waals surface area contributed by atoms with E-state index >= 15 is 0 Å². The molecular weight excluding hydrogens is 212 g/mol. The zero-order chi connectivity index (χ0) is 12.3. The summed E-state index contributed by atoms with van der Waals surface area (Å²) in [7, 11) is 0. The molecule has 2 aliphatic heterocycles. The van der Waals surface area contributed by atoms with Crippen LogP contribution in [0.15, 0.2) is 0 Å². The van der Waals surface area contributed by atoms with Crippen LogP contribution in [0.25, 0.3) is 0 Å². The fraction of sp³-hybridized carbons (Fsp3) is 1.00. The van der Waals surface area contributed by atoms with Crippen molar-refractivity contribution in [3.63, 3.8) is 0 Å². The van der Waals surface area contributed by atoms with Gasteiger partial charge in [0.2, 0.25) is 0 Å². The van der Waals surface area contributed by atoms with E-state index < -0.39 is 0 Å². The van der Waals surface area contributed by atoms with Crippen LogP contribution in [-0.4, -0.2) is 61.3 Å². The lowest BCUT2D eigenvalue weighted by Gasteiger charge is -2.42. The maximum atomic E-state index is 5.40. The number of hydrogen-bond acceptors (Lipinski definition) is 3. The van der Waals surface area contributed by atoms with Crippen molar-refractivity contribution in [2.24, 2.45) is 5.92 Å². The predicted octanol–water partition coefficient (Wildman–Crippen LogP) is 1.83. The third-order valence-corrected chi connectivity index (χ3v) is 4.18. The first-order valence-electron chi connectivity index (χ1n) is 7.11. The highest BCUT2D eigenvalue weighted by atomic mass is 16.5. The smallest absolute Gasteiger partial charge is 0.0594 e. The molecular formula is C14H28N2O. The van der Waals surface area contributed by atoms with Crippen molar-refractivity contribution in [3.8, 4) is 0 Å². The van der Waals surface area contributed by atoms with Gasteiger partial charge in [-0.05, 0) is 52.6 Å². The molecule has 0 N–H and O–H groups in total. The molecule has 2 heterocycles. The third kappa shape index (κ3) is 3.94. The first-order chi connectivity index (χ1) is 8.05. The molecule has 0 amide bonds. The molecule has 2 fully saturated rings. The van der Waals surface area contributed by atoms with E-state index in [0.29, 0.717) is 5.54 Å². The molecule has 0 atom stereocenters. The highest BCUT2D eigenvalue weighted by Crippen LogP contribution is 2.24. The van der Waals surface area contributed by atoms with Gasteiger partial charge in [-0.25, -0.2) is 0 Å². The zero-order valence-corrected chi connectivity index (χ0v) is 11.7. The number of likely N-dealkylation sites (tertiary alicyclic amines) is 1. The second-order valence-corrected chi connectivity index (χ2v) is 6.51. The van der Waals surface area contributed by atoms with Crippen LogP contribution in [0.5, 0.6) is 0 Å². The summed E-state index contributed by atoms with van der Waals surface area (Å²) in [6.45, 7) is 15.0. The summed E-state index contributed by atoms with van der Waals surface area (Å²) < 4.78 is 5.40. The summed E-state index contributed by atoms with van der Waals surface area (Å²) in [6.07, 6.45) is 2.74. The Morgan fingerprint density at radius 2 is 1.59 bits per heavy atom. The number of piperidine rings is 1. The van der Waals surface area contributed by atoms with Gasteiger partial charge in [-0.15, -0.1) is 0 Å². The van der Waals surface area contributed by atoms with E-state index in [9.17, 15) is 0 Å². The average Bonchev–Trinajstić information content (AvgIpc) is 2.30. The van der Waals surface area contributed by atoms with Crippen LogP contribution in [-0.2, 0) is 4.74 Å². The monoisotopic (exact) mass is 240 g/mol. The number of morpholine rings is 1. The summed E-state index contributed by atoms with van der Waals surface area (Å²) in [5.41, 5.74) is 0.351. The molecule has 0 unspecified atom stereocenters. The van der Waals surface area contributed by atoms with Gasteiger partial charge in [-0.1, -0.05) is 0 Å². The Balaban J connectivity index is 1.71. The molecule has 0 radical (unpaired) electrons. The second-order valence-electron chi connectivity index (χ2n) is 6.51. The van der Waals surface area contributed by atoms with E-state index in [4.69, 9.17) is 4.74 Å². The van der Waals surface area contributed by atoms with Gasteiger partial charge in [0.05, 0.1) is 13.2 Å². The fourth-order valence-corrected chi connectivity index (χ4v) is 2.94. The molecule has 100 valence electrons. The van der Waals surface area contributed by atoms with Crippen LogP contribution >= 0.6 is 0 Å². The Hall–Kier alpha value is -0.120. The SMILES string of the molecule is CC(C)(C)N1CCC(CN2CCOCC2)CC1. The number of ether oxygens (including phenoxy) is 1. The standard InChI is InChI=1S/C14H28N2O/c1-14(2,3)16-6-4-13(5-7-16)12-15-8-10-17-11-9-15/h13H,4-12H2,1-3H3. The topological polar surface area (TPSA) is 15.7 Å². The Bertz CT molecular complexity index is 223. The second kappa shape index (κ2) is 5.68. The van der Waals surface area contributed by atoms with Crippen molar-refractivity contribution >= 4 is 0 Å². The van der Waals surface area contributed by atoms with E-state index in [1.807, 2.05) is 0 Å². The number of nitrogens with zero attached hydrogens (tertiary/aromatic N) is 2. The first-order valence-corrected chi connectivity index (χ1v) is 7.11. The molecule has 0 aliphatic carbocycles. The van der Waals surface area contributed by atoms with Gasteiger partial charge in [0.1, 0.15) is 0 Å². The summed E-state index contributed by atoms with van der Waals surface area (Å²) in [6, 6.07) is 0. The van der Waals surface area contributed by atoms with Crippen LogP contribution in [0.4, 0.5) is 0 Å². The summed E-state index contributed by atoms with van der Waals surface area (Å²) in [4.78, 5) is 5.21. The Morgan fingerprint density at radius 1 is 1.00 bits per heavy atom. The maximum absolute atomic E-state index is 5.40. The first kappa shape index (κ1) is 13.3. The summed E-state index contributed by atoms with van der Waals surface area (Å²) in [5, 5.41) is 0. The van der Waals surface area contributed by atoms with E-state index in [1.165, 1.54) is 32.5 Å². The molecule has 0 bridgehead atoms. The number of rotatable bonds is 2. The van der Waals surface area contributed by atoms with Crippen LogP contribution in [0.3, 0.4) is 0 Å². The third-order valence-electron chi connectivity index (χ3n) is 4.18. The van der Waals surface area contributed by atoms with Crippen molar-refractivity contribution in [2.75, 3.05) is 45.9 Å². The Kier molecular flexibility index (Phi) is 4.45. The minimum atomic E-state index is 0.351. The van der Waals surface area contributed by atoms with E-state index in [1.54, 1.807) is 0 Å². The molecule has 2 aliphatic rings. The fourth-order valence-electron chi connectivity index (χ4n) is 2.94. The molecule has 17 heavy (non-hydrogen) atoms. The Labute approximate surface area is 106 Å². The van der Waals surface area contributed by atoms with E-state index in [-0.39, 0.29) is 0 Å². The highest BCUT2D eigenvalue weighted by molar-refractivity contribution is 4.83. The summed E-state index contributed by atoms with van der Waals surface area (Å²) >= 11 is 0. The maximum Gasteiger partial charge on any atom is 0.0594 e. The van der Waals surface area contributed by atoms with E-state index in [0.717, 1.165) is 32.2 Å². The van der Waals surface area contributed by atoms with Gasteiger partial charge in [0.25, 0.3) is 0 Å².